The third-order valence-electron chi connectivity index (χ3n) is 6.56. The number of oxime groups is 1. The van der Waals surface area contributed by atoms with Gasteiger partial charge in [0.25, 0.3) is 11.8 Å². The number of fused-ring (bicyclic) bond motifs is 1. The average Bonchev–Trinajstić information content (AvgIpc) is 3.45. The Morgan fingerprint density at radius 3 is 2.76 bits per heavy atom. The summed E-state index contributed by atoms with van der Waals surface area (Å²) in [6.45, 7) is 1.14. The SMILES string of the molecule is CO/N=C(\C(=O)N[C@@H]1C(=O)N2C(C(=O)O)=C(/C=C/C[N+]3(C)CCC[C@H]3C(=O)O)CS[C@H]12)c1nsc(N)n1. The van der Waals surface area contributed by atoms with E-state index in [2.05, 4.69) is 19.8 Å². The van der Waals surface area contributed by atoms with E-state index in [1.165, 1.54) is 18.9 Å². The predicted molar refractivity (Wildman–Crippen MR) is 133 cm³/mol. The molecule has 0 aliphatic carbocycles. The Morgan fingerprint density at radius 2 is 2.14 bits per heavy atom. The third-order valence-corrected chi connectivity index (χ3v) is 8.41. The van der Waals surface area contributed by atoms with Crippen molar-refractivity contribution >= 4 is 57.9 Å². The number of anilines is 1. The van der Waals surface area contributed by atoms with Crippen molar-refractivity contribution in [1.29, 1.82) is 0 Å². The van der Waals surface area contributed by atoms with Gasteiger partial charge in [0.15, 0.2) is 11.2 Å². The number of carbonyl (C=O) groups excluding carboxylic acids is 2. The van der Waals surface area contributed by atoms with E-state index in [1.807, 2.05) is 7.05 Å². The molecule has 37 heavy (non-hydrogen) atoms. The lowest BCUT2D eigenvalue weighted by Gasteiger charge is -2.49. The van der Waals surface area contributed by atoms with Crippen molar-refractivity contribution in [2.24, 2.45) is 5.16 Å². The van der Waals surface area contributed by atoms with Gasteiger partial charge in [-0.3, -0.25) is 14.5 Å². The molecule has 198 valence electrons. The topological polar surface area (TPSA) is 197 Å². The van der Waals surface area contributed by atoms with Crippen LogP contribution >= 0.6 is 23.3 Å². The first-order chi connectivity index (χ1) is 17.6. The largest absolute Gasteiger partial charge is 0.477 e. The molecule has 2 amide bonds. The summed E-state index contributed by atoms with van der Waals surface area (Å²) in [5, 5.41) is 25.1. The van der Waals surface area contributed by atoms with Crippen LogP contribution in [0.3, 0.4) is 0 Å². The second kappa shape index (κ2) is 10.5. The maximum atomic E-state index is 13.0. The molecule has 4 atom stereocenters. The van der Waals surface area contributed by atoms with E-state index in [0.29, 0.717) is 29.6 Å². The van der Waals surface area contributed by atoms with Crippen LogP contribution in [0.4, 0.5) is 5.13 Å². The van der Waals surface area contributed by atoms with Crippen molar-refractivity contribution in [3.05, 3.63) is 29.2 Å². The molecule has 2 saturated heterocycles. The predicted octanol–water partition coefficient (Wildman–Crippen LogP) is -0.541. The minimum Gasteiger partial charge on any atom is -0.477 e. The minimum atomic E-state index is -1.27. The fraction of sp³-hybridized carbons (Fsp3) is 0.476. The number of rotatable bonds is 9. The van der Waals surface area contributed by atoms with Gasteiger partial charge in [-0.25, -0.2) is 9.59 Å². The molecule has 1 aromatic rings. The van der Waals surface area contributed by atoms with Crippen molar-refractivity contribution in [3.63, 3.8) is 0 Å². The molecule has 4 heterocycles. The average molecular weight is 553 g/mol. The van der Waals surface area contributed by atoms with Gasteiger partial charge in [0.1, 0.15) is 24.2 Å². The number of hydrogen-bond acceptors (Lipinski definition) is 11. The third kappa shape index (κ3) is 5.03. The number of nitrogen functional groups attached to an aromatic ring is 1. The van der Waals surface area contributed by atoms with Crippen LogP contribution in [0.15, 0.2) is 28.6 Å². The number of nitrogens with two attached hydrogens (primary N) is 1. The van der Waals surface area contributed by atoms with Crippen molar-refractivity contribution in [2.45, 2.75) is 30.3 Å². The van der Waals surface area contributed by atoms with E-state index in [0.717, 1.165) is 22.9 Å². The van der Waals surface area contributed by atoms with E-state index in [-0.39, 0.29) is 28.1 Å². The van der Waals surface area contributed by atoms with Gasteiger partial charge in [-0.15, -0.1) is 11.8 Å². The van der Waals surface area contributed by atoms with Crippen LogP contribution in [0.2, 0.25) is 0 Å². The fourth-order valence-corrected chi connectivity index (χ4v) is 6.50. The normalized spacial score (nSPS) is 27.7. The second-order valence-corrected chi connectivity index (χ2v) is 10.8. The van der Waals surface area contributed by atoms with E-state index in [9.17, 15) is 29.4 Å². The van der Waals surface area contributed by atoms with Gasteiger partial charge < -0.3 is 30.6 Å². The van der Waals surface area contributed by atoms with Gasteiger partial charge in [-0.1, -0.05) is 11.2 Å². The molecule has 0 aromatic carbocycles. The highest BCUT2D eigenvalue weighted by Gasteiger charge is 2.54. The molecule has 0 bridgehead atoms. The number of likely N-dealkylation sites (N-methyl/N-ethyl adjacent to an activating group) is 1. The fourth-order valence-electron chi connectivity index (χ4n) is 4.74. The lowest BCUT2D eigenvalue weighted by Crippen LogP contribution is -2.71. The van der Waals surface area contributed by atoms with Crippen molar-refractivity contribution < 1.29 is 38.7 Å². The highest BCUT2D eigenvalue weighted by atomic mass is 32.2. The van der Waals surface area contributed by atoms with Crippen LogP contribution in [-0.2, 0) is 24.0 Å². The van der Waals surface area contributed by atoms with Crippen LogP contribution in [-0.4, -0.2) is 109 Å². The summed E-state index contributed by atoms with van der Waals surface area (Å²) in [6, 6.07) is -1.49. The molecule has 2 fully saturated rings. The van der Waals surface area contributed by atoms with Gasteiger partial charge in [0, 0.05) is 30.1 Å². The zero-order chi connectivity index (χ0) is 26.9. The van der Waals surface area contributed by atoms with Crippen molar-refractivity contribution in [2.75, 3.05) is 38.7 Å². The van der Waals surface area contributed by atoms with Crippen LogP contribution < -0.4 is 11.1 Å². The van der Waals surface area contributed by atoms with Gasteiger partial charge in [0.2, 0.25) is 11.5 Å². The standard InChI is InChI=1S/C21H25N7O7S2/c1-28(8-4-6-11(28)19(31)32)7-3-5-10-9-36-18-13(17(30)27(18)14(10)20(33)34)23-16(29)12(25-35-2)15-24-21(22)37-26-15/h3,5,11,13,18H,4,6-9H2,1-2H3,(H4-,22,23,24,26,29,31,32,33,34)/p+1/b5-3+,25-12-/t11-,13+,18+,28?/m0/s1. The highest BCUT2D eigenvalue weighted by molar-refractivity contribution is 8.00. The molecule has 3 aliphatic rings. The first-order valence-electron chi connectivity index (χ1n) is 11.2. The number of hydrogen-bond donors (Lipinski definition) is 4. The first-order valence-corrected chi connectivity index (χ1v) is 13.1. The molecule has 1 unspecified atom stereocenters. The number of quaternary nitrogens is 1. The number of likely N-dealkylation sites (tertiary alicyclic amines) is 1. The Hall–Kier alpha value is -3.50. The molecule has 0 saturated carbocycles. The number of carboxylic acids is 2. The number of carboxylic acid groups (broad SMARTS) is 2. The van der Waals surface area contributed by atoms with Crippen LogP contribution in [0.1, 0.15) is 18.7 Å². The number of β-lactam (4-membered cyclic amide) rings is 1. The summed E-state index contributed by atoms with van der Waals surface area (Å²) in [4.78, 5) is 59.2. The molecular formula is C21H26N7O7S2+. The number of thioether (sulfide) groups is 1. The van der Waals surface area contributed by atoms with E-state index < -0.39 is 41.2 Å². The van der Waals surface area contributed by atoms with Gasteiger partial charge >= 0.3 is 11.9 Å². The van der Waals surface area contributed by atoms with E-state index >= 15 is 0 Å². The lowest BCUT2D eigenvalue weighted by atomic mass is 10.0. The summed E-state index contributed by atoms with van der Waals surface area (Å²) in [5.74, 6) is -3.23. The number of nitrogens with zero attached hydrogens (tertiary/aromatic N) is 5. The summed E-state index contributed by atoms with van der Waals surface area (Å²) in [7, 11) is 3.11. The number of allylic oxidation sites excluding steroid dienone is 1. The Morgan fingerprint density at radius 1 is 1.38 bits per heavy atom. The van der Waals surface area contributed by atoms with E-state index in [1.54, 1.807) is 12.2 Å². The molecule has 1 aromatic heterocycles. The van der Waals surface area contributed by atoms with Crippen LogP contribution in [0, 0.1) is 0 Å². The Balaban J connectivity index is 1.48. The Labute approximate surface area is 219 Å². The Bertz CT molecular complexity index is 1230. The molecule has 14 nitrogen and oxygen atoms in total. The van der Waals surface area contributed by atoms with Crippen LogP contribution in [0.5, 0.6) is 0 Å². The number of aromatic nitrogens is 2. The molecule has 0 radical (unpaired) electrons. The van der Waals surface area contributed by atoms with Gasteiger partial charge in [0.05, 0.1) is 20.1 Å². The monoisotopic (exact) mass is 552 g/mol. The zero-order valence-corrected chi connectivity index (χ0v) is 21.6. The lowest BCUT2D eigenvalue weighted by molar-refractivity contribution is -0.907. The van der Waals surface area contributed by atoms with Crippen molar-refractivity contribution in [1.82, 2.24) is 19.6 Å². The number of carbonyl (C=O) groups is 4. The molecule has 3 aliphatic heterocycles. The molecule has 0 spiro atoms. The zero-order valence-electron chi connectivity index (χ0n) is 20.0. The minimum absolute atomic E-state index is 0.0557. The highest BCUT2D eigenvalue weighted by Crippen LogP contribution is 2.40. The molecule has 5 N–H and O–H groups in total. The number of nitrogens with one attached hydrogen (secondary N) is 1. The molecule has 16 heteroatoms. The number of aliphatic carboxylic acids is 2. The summed E-state index contributed by atoms with van der Waals surface area (Å²) >= 11 is 2.17. The smallest absolute Gasteiger partial charge is 0.362 e. The Kier molecular flexibility index (Phi) is 7.52. The van der Waals surface area contributed by atoms with Gasteiger partial charge in [-0.2, -0.15) is 9.36 Å². The molecular weight excluding hydrogens is 526 g/mol. The summed E-state index contributed by atoms with van der Waals surface area (Å²) in [5.41, 5.74) is 5.59. The maximum Gasteiger partial charge on any atom is 0.362 e. The molecule has 4 rings (SSSR count). The summed E-state index contributed by atoms with van der Waals surface area (Å²) < 4.78 is 4.27. The number of amides is 2. The quantitative estimate of drug-likeness (QED) is 0.133. The van der Waals surface area contributed by atoms with Crippen molar-refractivity contribution in [3.8, 4) is 0 Å². The van der Waals surface area contributed by atoms with Gasteiger partial charge in [-0.05, 0) is 11.6 Å². The second-order valence-electron chi connectivity index (χ2n) is 8.90. The van der Waals surface area contributed by atoms with E-state index in [4.69, 9.17) is 10.6 Å². The maximum absolute atomic E-state index is 13.0. The van der Waals surface area contributed by atoms with Crippen LogP contribution in [0.25, 0.3) is 0 Å². The summed E-state index contributed by atoms with van der Waals surface area (Å²) in [6.07, 6.45) is 4.82. The first kappa shape index (κ1) is 26.6.